The number of hydrogen-bond donors (Lipinski definition) is 0. The number of hydrogen-bond acceptors (Lipinski definition) is 2. The summed E-state index contributed by atoms with van der Waals surface area (Å²) in [5, 5.41) is 0.354. The molecule has 0 saturated carbocycles. The molecule has 0 radical (unpaired) electrons. The molecular weight excluding hydrogens is 293 g/mol. The molecular formula is C18H14FN3O. The minimum atomic E-state index is -0.420. The van der Waals surface area contributed by atoms with Gasteiger partial charge in [-0.15, -0.1) is 0 Å². The predicted molar refractivity (Wildman–Crippen MR) is 88.0 cm³/mol. The van der Waals surface area contributed by atoms with Crippen LogP contribution in [-0.4, -0.2) is 14.1 Å². The fraction of sp³-hybridized carbons (Fsp3) is 0.111. The number of halogens is 1. The van der Waals surface area contributed by atoms with Crippen LogP contribution in [0.1, 0.15) is 5.56 Å². The van der Waals surface area contributed by atoms with Crippen LogP contribution < -0.4 is 5.43 Å². The lowest BCUT2D eigenvalue weighted by Gasteiger charge is -2.14. The quantitative estimate of drug-likeness (QED) is 0.571. The van der Waals surface area contributed by atoms with Crippen LogP contribution in [0.3, 0.4) is 0 Å². The van der Waals surface area contributed by atoms with Gasteiger partial charge in [-0.2, -0.15) is 0 Å². The highest BCUT2D eigenvalue weighted by molar-refractivity contribution is 5.90. The molecule has 4 rings (SSSR count). The molecule has 0 aliphatic carbocycles. The number of nitrogens with zero attached hydrogens (tertiary/aromatic N) is 3. The first-order chi connectivity index (χ1) is 11.1. The van der Waals surface area contributed by atoms with E-state index >= 15 is 0 Å². The molecule has 2 heterocycles. The summed E-state index contributed by atoms with van der Waals surface area (Å²) < 4.78 is 17.4. The molecule has 0 aliphatic rings. The zero-order valence-electron chi connectivity index (χ0n) is 12.5. The Labute approximate surface area is 131 Å². The highest BCUT2D eigenvalue weighted by Crippen LogP contribution is 2.20. The summed E-state index contributed by atoms with van der Waals surface area (Å²) in [4.78, 5) is 16.8. The number of pyridine rings is 1. The number of benzene rings is 2. The number of aromatic nitrogens is 3. The summed E-state index contributed by atoms with van der Waals surface area (Å²) in [5.41, 5.74) is 2.67. The van der Waals surface area contributed by atoms with Gasteiger partial charge >= 0.3 is 0 Å². The maximum atomic E-state index is 13.6. The zero-order chi connectivity index (χ0) is 16.0. The van der Waals surface area contributed by atoms with Gasteiger partial charge in [0.05, 0.1) is 17.2 Å². The molecule has 0 fully saturated rings. The lowest BCUT2D eigenvalue weighted by atomic mass is 10.1. The van der Waals surface area contributed by atoms with E-state index < -0.39 is 5.82 Å². The number of imidazole rings is 1. The first kappa shape index (κ1) is 13.7. The van der Waals surface area contributed by atoms with Gasteiger partial charge in [0.2, 0.25) is 5.43 Å². The Morgan fingerprint density at radius 1 is 1.13 bits per heavy atom. The standard InChI is InChI=1S/C18H14FN3O/c1-21-11-20-16-17(23)14-9-13(19)7-8-15(14)22(18(16)21)10-12-5-3-2-4-6-12/h2-9,11H,10H2,1H3. The molecule has 114 valence electrons. The number of rotatable bonds is 2. The Kier molecular flexibility index (Phi) is 3.01. The summed E-state index contributed by atoms with van der Waals surface area (Å²) in [6.45, 7) is 0.583. The van der Waals surface area contributed by atoms with Crippen molar-refractivity contribution < 1.29 is 4.39 Å². The van der Waals surface area contributed by atoms with Gasteiger partial charge < -0.3 is 9.13 Å². The van der Waals surface area contributed by atoms with Gasteiger partial charge in [-0.3, -0.25) is 4.79 Å². The molecule has 2 aromatic carbocycles. The van der Waals surface area contributed by atoms with Gasteiger partial charge in [0.1, 0.15) is 11.5 Å². The smallest absolute Gasteiger partial charge is 0.217 e. The Morgan fingerprint density at radius 3 is 2.70 bits per heavy atom. The van der Waals surface area contributed by atoms with Crippen LogP contribution in [-0.2, 0) is 13.6 Å². The predicted octanol–water partition coefficient (Wildman–Crippen LogP) is 3.08. The monoisotopic (exact) mass is 307 g/mol. The van der Waals surface area contributed by atoms with Crippen LogP contribution in [0.5, 0.6) is 0 Å². The molecule has 0 unspecified atom stereocenters. The van der Waals surface area contributed by atoms with Gasteiger partial charge in [-0.25, -0.2) is 9.37 Å². The van der Waals surface area contributed by atoms with Crippen LogP contribution in [0.2, 0.25) is 0 Å². The van der Waals surface area contributed by atoms with E-state index in [0.717, 1.165) is 11.2 Å². The largest absolute Gasteiger partial charge is 0.321 e. The number of fused-ring (bicyclic) bond motifs is 2. The fourth-order valence-corrected chi connectivity index (χ4v) is 3.00. The lowest BCUT2D eigenvalue weighted by Crippen LogP contribution is -2.14. The Balaban J connectivity index is 2.12. The van der Waals surface area contributed by atoms with Crippen molar-refractivity contribution in [3.8, 4) is 0 Å². The SMILES string of the molecule is Cn1cnc2c(=O)c3cc(F)ccc3n(Cc3ccccc3)c21. The molecule has 4 nitrogen and oxygen atoms in total. The summed E-state index contributed by atoms with van der Waals surface area (Å²) >= 11 is 0. The van der Waals surface area contributed by atoms with Crippen LogP contribution in [0, 0.1) is 5.82 Å². The molecule has 0 spiro atoms. The van der Waals surface area contributed by atoms with Gasteiger partial charge in [0, 0.05) is 13.6 Å². The van der Waals surface area contributed by atoms with E-state index in [9.17, 15) is 9.18 Å². The van der Waals surface area contributed by atoms with Crippen molar-refractivity contribution in [2.45, 2.75) is 6.54 Å². The Hall–Kier alpha value is -2.95. The first-order valence-corrected chi connectivity index (χ1v) is 7.32. The summed E-state index contributed by atoms with van der Waals surface area (Å²) in [5.74, 6) is -0.420. The van der Waals surface area contributed by atoms with Crippen LogP contribution in [0.4, 0.5) is 4.39 Å². The second-order valence-electron chi connectivity index (χ2n) is 5.59. The van der Waals surface area contributed by atoms with Gasteiger partial charge in [-0.1, -0.05) is 30.3 Å². The van der Waals surface area contributed by atoms with Crippen molar-refractivity contribution in [3.63, 3.8) is 0 Å². The van der Waals surface area contributed by atoms with E-state index in [-0.39, 0.29) is 5.43 Å². The Bertz CT molecular complexity index is 1080. The van der Waals surface area contributed by atoms with Crippen LogP contribution >= 0.6 is 0 Å². The molecule has 2 aromatic heterocycles. The highest BCUT2D eigenvalue weighted by Gasteiger charge is 2.15. The van der Waals surface area contributed by atoms with E-state index in [1.807, 2.05) is 46.5 Å². The minimum absolute atomic E-state index is 0.237. The maximum Gasteiger partial charge on any atom is 0.217 e. The van der Waals surface area contributed by atoms with Gasteiger partial charge in [0.25, 0.3) is 0 Å². The average Bonchev–Trinajstić information content (AvgIpc) is 2.94. The van der Waals surface area contributed by atoms with E-state index in [1.54, 1.807) is 12.4 Å². The zero-order valence-corrected chi connectivity index (χ0v) is 12.5. The third-order valence-corrected chi connectivity index (χ3v) is 4.05. The second-order valence-corrected chi connectivity index (χ2v) is 5.59. The molecule has 0 aliphatic heterocycles. The van der Waals surface area contributed by atoms with Gasteiger partial charge in [-0.05, 0) is 23.8 Å². The van der Waals surface area contributed by atoms with Crippen molar-refractivity contribution in [1.29, 1.82) is 0 Å². The van der Waals surface area contributed by atoms with Gasteiger partial charge in [0.15, 0.2) is 5.52 Å². The molecule has 5 heteroatoms. The third-order valence-electron chi connectivity index (χ3n) is 4.05. The average molecular weight is 307 g/mol. The van der Waals surface area contributed by atoms with Crippen molar-refractivity contribution in [2.24, 2.45) is 7.05 Å². The Morgan fingerprint density at radius 2 is 1.91 bits per heavy atom. The normalized spacial score (nSPS) is 11.4. The fourth-order valence-electron chi connectivity index (χ4n) is 3.00. The molecule has 4 aromatic rings. The first-order valence-electron chi connectivity index (χ1n) is 7.32. The van der Waals surface area contributed by atoms with E-state index in [0.29, 0.717) is 23.0 Å². The molecule has 0 saturated heterocycles. The third kappa shape index (κ3) is 2.12. The number of aryl methyl sites for hydroxylation is 1. The van der Waals surface area contributed by atoms with E-state index in [4.69, 9.17) is 0 Å². The second kappa shape index (κ2) is 5.05. The van der Waals surface area contributed by atoms with Crippen molar-refractivity contribution in [1.82, 2.24) is 14.1 Å². The van der Waals surface area contributed by atoms with Crippen molar-refractivity contribution in [3.05, 3.63) is 76.5 Å². The van der Waals surface area contributed by atoms with E-state index in [2.05, 4.69) is 4.98 Å². The molecule has 0 atom stereocenters. The van der Waals surface area contributed by atoms with E-state index in [1.165, 1.54) is 12.1 Å². The summed E-state index contributed by atoms with van der Waals surface area (Å²) in [6, 6.07) is 14.3. The maximum absolute atomic E-state index is 13.6. The van der Waals surface area contributed by atoms with Crippen LogP contribution in [0.25, 0.3) is 22.1 Å². The molecule has 23 heavy (non-hydrogen) atoms. The minimum Gasteiger partial charge on any atom is -0.321 e. The summed E-state index contributed by atoms with van der Waals surface area (Å²) in [7, 11) is 1.85. The molecule has 0 amide bonds. The lowest BCUT2D eigenvalue weighted by molar-refractivity contribution is 0.629. The van der Waals surface area contributed by atoms with Crippen molar-refractivity contribution in [2.75, 3.05) is 0 Å². The van der Waals surface area contributed by atoms with Crippen LogP contribution in [0.15, 0.2) is 59.7 Å². The highest BCUT2D eigenvalue weighted by atomic mass is 19.1. The summed E-state index contributed by atoms with van der Waals surface area (Å²) in [6.07, 6.45) is 1.61. The van der Waals surface area contributed by atoms with Crippen molar-refractivity contribution >= 4 is 22.1 Å². The molecule has 0 bridgehead atoms. The topological polar surface area (TPSA) is 39.8 Å². The molecule has 0 N–H and O–H groups in total.